The van der Waals surface area contributed by atoms with Crippen LogP contribution in [0.25, 0.3) is 10.9 Å². The molecule has 0 aliphatic rings. The summed E-state index contributed by atoms with van der Waals surface area (Å²) < 4.78 is 6.42. The molecule has 1 atom stereocenters. The zero-order valence-corrected chi connectivity index (χ0v) is 15.9. The summed E-state index contributed by atoms with van der Waals surface area (Å²) >= 11 is 0. The number of methoxy groups -OCH3 is 1. The third kappa shape index (κ3) is 3.69. The molecule has 6 heteroatoms. The van der Waals surface area contributed by atoms with Crippen molar-refractivity contribution in [1.82, 2.24) is 9.66 Å². The zero-order chi connectivity index (χ0) is 19.6. The van der Waals surface area contributed by atoms with Crippen LogP contribution in [0.5, 0.6) is 5.75 Å². The van der Waals surface area contributed by atoms with Crippen molar-refractivity contribution in [3.05, 3.63) is 70.3 Å². The van der Waals surface area contributed by atoms with Crippen LogP contribution in [-0.2, 0) is 4.79 Å². The van der Waals surface area contributed by atoms with Crippen molar-refractivity contribution in [3.8, 4) is 5.75 Å². The number of nitrogens with one attached hydrogen (secondary N) is 1. The van der Waals surface area contributed by atoms with E-state index < -0.39 is 5.92 Å². The molecular weight excluding hydrogens is 342 g/mol. The number of carbonyl (C=O) groups is 1. The normalized spacial score (nSPS) is 12.2. The molecular formula is C21H23N3O3. The van der Waals surface area contributed by atoms with Crippen molar-refractivity contribution in [2.75, 3.05) is 12.5 Å². The highest BCUT2D eigenvalue weighted by atomic mass is 16.5. The fourth-order valence-electron chi connectivity index (χ4n) is 2.90. The van der Waals surface area contributed by atoms with E-state index in [1.807, 2.05) is 44.2 Å². The third-order valence-corrected chi connectivity index (χ3v) is 4.55. The third-order valence-electron chi connectivity index (χ3n) is 4.55. The van der Waals surface area contributed by atoms with E-state index >= 15 is 0 Å². The van der Waals surface area contributed by atoms with E-state index in [-0.39, 0.29) is 17.4 Å². The molecule has 0 saturated heterocycles. The van der Waals surface area contributed by atoms with Gasteiger partial charge in [-0.2, -0.15) is 0 Å². The van der Waals surface area contributed by atoms with Gasteiger partial charge < -0.3 is 4.74 Å². The summed E-state index contributed by atoms with van der Waals surface area (Å²) in [5, 5.41) is 0.472. The predicted octanol–water partition coefficient (Wildman–Crippen LogP) is 3.40. The summed E-state index contributed by atoms with van der Waals surface area (Å²) in [4.78, 5) is 30.3. The lowest BCUT2D eigenvalue weighted by atomic mass is 10.0. The molecule has 3 rings (SSSR count). The van der Waals surface area contributed by atoms with Gasteiger partial charge in [-0.25, -0.2) is 9.66 Å². The van der Waals surface area contributed by atoms with Gasteiger partial charge in [0.25, 0.3) is 5.56 Å². The Morgan fingerprint density at radius 3 is 2.37 bits per heavy atom. The van der Waals surface area contributed by atoms with Gasteiger partial charge >= 0.3 is 0 Å². The summed E-state index contributed by atoms with van der Waals surface area (Å²) in [5.41, 5.74) is 3.93. The minimum absolute atomic E-state index is 0.0288. The summed E-state index contributed by atoms with van der Waals surface area (Å²) in [6.07, 6.45) is 0. The maximum absolute atomic E-state index is 12.9. The lowest BCUT2D eigenvalue weighted by molar-refractivity contribution is -0.118. The van der Waals surface area contributed by atoms with Crippen molar-refractivity contribution >= 4 is 16.8 Å². The molecule has 1 unspecified atom stereocenters. The number of hydrogen-bond acceptors (Lipinski definition) is 4. The van der Waals surface area contributed by atoms with Crippen molar-refractivity contribution in [1.29, 1.82) is 0 Å². The van der Waals surface area contributed by atoms with Gasteiger partial charge in [-0.05, 0) is 36.8 Å². The second kappa shape index (κ2) is 7.61. The van der Waals surface area contributed by atoms with Crippen LogP contribution in [0, 0.1) is 0 Å². The first-order valence-electron chi connectivity index (χ1n) is 8.89. The molecule has 2 aromatic carbocycles. The van der Waals surface area contributed by atoms with Crippen molar-refractivity contribution < 1.29 is 9.53 Å². The van der Waals surface area contributed by atoms with Crippen LogP contribution in [0.2, 0.25) is 0 Å². The van der Waals surface area contributed by atoms with Gasteiger partial charge in [-0.15, -0.1) is 0 Å². The van der Waals surface area contributed by atoms with Crippen LogP contribution in [-0.4, -0.2) is 22.7 Å². The molecule has 1 heterocycles. The molecule has 0 fully saturated rings. The topological polar surface area (TPSA) is 73.2 Å². The summed E-state index contributed by atoms with van der Waals surface area (Å²) in [6, 6.07) is 14.4. The monoisotopic (exact) mass is 365 g/mol. The number of benzene rings is 2. The molecule has 6 nitrogen and oxygen atoms in total. The molecule has 27 heavy (non-hydrogen) atoms. The number of aromatic nitrogens is 2. The Morgan fingerprint density at radius 1 is 1.07 bits per heavy atom. The lowest BCUT2D eigenvalue weighted by Gasteiger charge is -2.19. The van der Waals surface area contributed by atoms with E-state index in [2.05, 4.69) is 10.4 Å². The summed E-state index contributed by atoms with van der Waals surface area (Å²) in [5.74, 6) is 0.506. The van der Waals surface area contributed by atoms with Crippen molar-refractivity contribution in [2.24, 2.45) is 0 Å². The Labute approximate surface area is 157 Å². The number of rotatable bonds is 5. The molecule has 140 valence electrons. The number of para-hydroxylation sites is 1. The quantitative estimate of drug-likeness (QED) is 0.752. The Hall–Kier alpha value is -3.15. The molecule has 1 N–H and O–H groups in total. The van der Waals surface area contributed by atoms with Crippen LogP contribution in [0.3, 0.4) is 0 Å². The van der Waals surface area contributed by atoms with Crippen molar-refractivity contribution in [3.63, 3.8) is 0 Å². The molecule has 0 aliphatic carbocycles. The van der Waals surface area contributed by atoms with Crippen LogP contribution in [0.1, 0.15) is 44.0 Å². The highest BCUT2D eigenvalue weighted by molar-refractivity contribution is 5.90. The van der Waals surface area contributed by atoms with E-state index in [0.29, 0.717) is 16.7 Å². The highest BCUT2D eigenvalue weighted by Crippen LogP contribution is 2.20. The van der Waals surface area contributed by atoms with E-state index in [4.69, 9.17) is 4.74 Å². The summed E-state index contributed by atoms with van der Waals surface area (Å²) in [7, 11) is 1.59. The van der Waals surface area contributed by atoms with Gasteiger partial charge in [-0.3, -0.25) is 15.0 Å². The first kappa shape index (κ1) is 18.6. The number of hydrogen-bond donors (Lipinski definition) is 1. The van der Waals surface area contributed by atoms with Crippen molar-refractivity contribution in [2.45, 2.75) is 32.6 Å². The Balaban J connectivity index is 1.97. The van der Waals surface area contributed by atoms with E-state index in [1.54, 1.807) is 32.2 Å². The first-order chi connectivity index (χ1) is 12.9. The second-order valence-electron chi connectivity index (χ2n) is 6.75. The largest absolute Gasteiger partial charge is 0.497 e. The predicted molar refractivity (Wildman–Crippen MR) is 106 cm³/mol. The maximum atomic E-state index is 12.9. The molecule has 3 aromatic rings. The van der Waals surface area contributed by atoms with E-state index in [1.165, 1.54) is 4.68 Å². The Morgan fingerprint density at radius 2 is 1.74 bits per heavy atom. The number of ether oxygens (including phenoxy) is 1. The number of carbonyl (C=O) groups excluding carboxylic acids is 1. The van der Waals surface area contributed by atoms with Crippen LogP contribution < -0.4 is 15.7 Å². The average Bonchev–Trinajstić information content (AvgIpc) is 2.69. The van der Waals surface area contributed by atoms with Gasteiger partial charge in [0.05, 0.1) is 23.9 Å². The average molecular weight is 365 g/mol. The maximum Gasteiger partial charge on any atom is 0.280 e. The molecule has 0 aliphatic heterocycles. The van der Waals surface area contributed by atoms with Gasteiger partial charge in [0.1, 0.15) is 11.6 Å². The second-order valence-corrected chi connectivity index (χ2v) is 6.75. The van der Waals surface area contributed by atoms with Gasteiger partial charge in [0.15, 0.2) is 0 Å². The number of nitrogens with zero attached hydrogens (tertiary/aromatic N) is 2. The summed E-state index contributed by atoms with van der Waals surface area (Å²) in [6.45, 7) is 5.67. The lowest BCUT2D eigenvalue weighted by Crippen LogP contribution is -2.38. The zero-order valence-electron chi connectivity index (χ0n) is 15.9. The fourth-order valence-corrected chi connectivity index (χ4v) is 2.90. The number of amides is 1. The Kier molecular flexibility index (Phi) is 5.26. The standard InChI is InChI=1S/C21H23N3O3/c1-13(2)19-22-18-8-6-5-7-17(18)21(26)24(19)23-20(25)14(3)15-9-11-16(27-4)12-10-15/h5-14H,1-4H3,(H,23,25). The number of fused-ring (bicyclic) bond motifs is 1. The first-order valence-corrected chi connectivity index (χ1v) is 8.89. The van der Waals surface area contributed by atoms with Gasteiger partial charge in [0.2, 0.25) is 5.91 Å². The highest BCUT2D eigenvalue weighted by Gasteiger charge is 2.20. The fraction of sp³-hybridized carbons (Fsp3) is 0.286. The van der Waals surface area contributed by atoms with Crippen LogP contribution in [0.15, 0.2) is 53.3 Å². The van der Waals surface area contributed by atoms with E-state index in [9.17, 15) is 9.59 Å². The van der Waals surface area contributed by atoms with Gasteiger partial charge in [0, 0.05) is 5.92 Å². The molecule has 1 aromatic heterocycles. The van der Waals surface area contributed by atoms with Crippen LogP contribution in [0.4, 0.5) is 0 Å². The minimum atomic E-state index is -0.436. The SMILES string of the molecule is COc1ccc(C(C)C(=O)Nn2c(C(C)C)nc3ccccc3c2=O)cc1. The molecule has 0 spiro atoms. The van der Waals surface area contributed by atoms with Crippen LogP contribution >= 0.6 is 0 Å². The molecule has 1 amide bonds. The van der Waals surface area contributed by atoms with E-state index in [0.717, 1.165) is 11.3 Å². The van der Waals surface area contributed by atoms with Gasteiger partial charge in [-0.1, -0.05) is 38.1 Å². The molecule has 0 bridgehead atoms. The minimum Gasteiger partial charge on any atom is -0.497 e. The Bertz CT molecular complexity index is 1020. The molecule has 0 radical (unpaired) electrons. The smallest absolute Gasteiger partial charge is 0.280 e. The molecule has 0 saturated carbocycles.